The minimum absolute atomic E-state index is 0. The molecule has 0 aliphatic heterocycles. The number of anilines is 1. The lowest BCUT2D eigenvalue weighted by Gasteiger charge is -2.06. The van der Waals surface area contributed by atoms with Crippen molar-refractivity contribution in [3.8, 4) is 0 Å². The standard InChI is InChI=1S/C20H16Cl2N4O.ClH/c1-9-5-10(2)25-20-16(9)17-18(27-20)19(24-8-23-17)26-15-7-12(15)11-3-4-13(21)14(22)6-11;/h3-6,8,12,15H,7H2,1-2H3,(H,23,24,26);1H. The Hall–Kier alpha value is -2.08. The van der Waals surface area contributed by atoms with Crippen molar-refractivity contribution in [3.63, 3.8) is 0 Å². The zero-order valence-corrected chi connectivity index (χ0v) is 17.5. The highest BCUT2D eigenvalue weighted by atomic mass is 35.5. The molecule has 1 N–H and O–H groups in total. The molecule has 0 radical (unpaired) electrons. The lowest BCUT2D eigenvalue weighted by atomic mass is 10.1. The van der Waals surface area contributed by atoms with E-state index in [9.17, 15) is 0 Å². The van der Waals surface area contributed by atoms with Crippen molar-refractivity contribution in [2.45, 2.75) is 32.2 Å². The normalized spacial score (nSPS) is 18.3. The summed E-state index contributed by atoms with van der Waals surface area (Å²) >= 11 is 12.2. The van der Waals surface area contributed by atoms with Gasteiger partial charge in [-0.1, -0.05) is 29.3 Å². The lowest BCUT2D eigenvalue weighted by Crippen LogP contribution is -2.06. The number of pyridine rings is 1. The molecule has 3 heterocycles. The van der Waals surface area contributed by atoms with E-state index in [0.717, 1.165) is 28.6 Å². The molecular formula is C20H17Cl3N4O. The molecule has 1 aliphatic rings. The minimum Gasteiger partial charge on any atom is -0.432 e. The monoisotopic (exact) mass is 434 g/mol. The Morgan fingerprint density at radius 1 is 1.11 bits per heavy atom. The van der Waals surface area contributed by atoms with Gasteiger partial charge < -0.3 is 9.73 Å². The first-order chi connectivity index (χ1) is 13.0. The Kier molecular flexibility index (Phi) is 4.86. The van der Waals surface area contributed by atoms with E-state index in [1.54, 1.807) is 6.33 Å². The zero-order valence-electron chi connectivity index (χ0n) is 15.2. The van der Waals surface area contributed by atoms with Crippen LogP contribution in [0.3, 0.4) is 0 Å². The summed E-state index contributed by atoms with van der Waals surface area (Å²) < 4.78 is 6.01. The summed E-state index contributed by atoms with van der Waals surface area (Å²) in [5.74, 6) is 1.07. The molecule has 0 spiro atoms. The van der Waals surface area contributed by atoms with Crippen molar-refractivity contribution in [2.75, 3.05) is 5.32 Å². The molecule has 0 bridgehead atoms. The number of aryl methyl sites for hydroxylation is 2. The van der Waals surface area contributed by atoms with Gasteiger partial charge in [-0.05, 0) is 49.6 Å². The third-order valence-corrected chi connectivity index (χ3v) is 5.77. The van der Waals surface area contributed by atoms with Crippen LogP contribution in [0.25, 0.3) is 22.2 Å². The second-order valence-electron chi connectivity index (χ2n) is 7.03. The second-order valence-corrected chi connectivity index (χ2v) is 7.84. The minimum atomic E-state index is 0. The zero-order chi connectivity index (χ0) is 18.7. The Bertz CT molecular complexity index is 1210. The molecule has 0 saturated heterocycles. The van der Waals surface area contributed by atoms with Crippen molar-refractivity contribution in [1.29, 1.82) is 0 Å². The maximum Gasteiger partial charge on any atom is 0.229 e. The van der Waals surface area contributed by atoms with Crippen molar-refractivity contribution >= 4 is 63.6 Å². The molecule has 144 valence electrons. The van der Waals surface area contributed by atoms with Gasteiger partial charge in [0.1, 0.15) is 11.8 Å². The quantitative estimate of drug-likeness (QED) is 0.422. The van der Waals surface area contributed by atoms with Crippen LogP contribution in [-0.2, 0) is 0 Å². The first-order valence-corrected chi connectivity index (χ1v) is 9.50. The number of furan rings is 1. The summed E-state index contributed by atoms with van der Waals surface area (Å²) in [6, 6.07) is 8.10. The Morgan fingerprint density at radius 3 is 2.71 bits per heavy atom. The number of hydrogen-bond donors (Lipinski definition) is 1. The van der Waals surface area contributed by atoms with Crippen LogP contribution >= 0.6 is 35.6 Å². The third kappa shape index (κ3) is 3.17. The highest BCUT2D eigenvalue weighted by molar-refractivity contribution is 6.42. The summed E-state index contributed by atoms with van der Waals surface area (Å²) in [5.41, 5.74) is 5.23. The summed E-state index contributed by atoms with van der Waals surface area (Å²) in [4.78, 5) is 13.3. The average Bonchev–Trinajstić information content (AvgIpc) is 3.27. The molecule has 5 nitrogen and oxygen atoms in total. The van der Waals surface area contributed by atoms with Crippen LogP contribution < -0.4 is 5.32 Å². The molecule has 28 heavy (non-hydrogen) atoms. The Labute approximate surface area is 177 Å². The number of halogens is 3. The van der Waals surface area contributed by atoms with Crippen molar-refractivity contribution < 1.29 is 4.42 Å². The highest BCUT2D eigenvalue weighted by Crippen LogP contribution is 2.45. The number of benzene rings is 1. The molecule has 1 saturated carbocycles. The van der Waals surface area contributed by atoms with Gasteiger partial charge in [0.2, 0.25) is 5.71 Å². The van der Waals surface area contributed by atoms with Crippen LogP contribution in [0.4, 0.5) is 5.82 Å². The molecule has 8 heteroatoms. The van der Waals surface area contributed by atoms with Crippen LogP contribution in [-0.4, -0.2) is 21.0 Å². The van der Waals surface area contributed by atoms with Crippen molar-refractivity contribution in [2.24, 2.45) is 0 Å². The molecule has 3 aromatic heterocycles. The molecule has 0 amide bonds. The molecule has 2 unspecified atom stereocenters. The molecule has 1 aromatic carbocycles. The van der Waals surface area contributed by atoms with Gasteiger partial charge in [-0.15, -0.1) is 12.4 Å². The number of nitrogens with zero attached hydrogens (tertiary/aromatic N) is 3. The lowest BCUT2D eigenvalue weighted by molar-refractivity contribution is 0.650. The van der Waals surface area contributed by atoms with E-state index < -0.39 is 0 Å². The summed E-state index contributed by atoms with van der Waals surface area (Å²) in [6.45, 7) is 4.00. The first kappa shape index (κ1) is 19.2. The van der Waals surface area contributed by atoms with Gasteiger partial charge in [0.25, 0.3) is 0 Å². The predicted molar refractivity (Wildman–Crippen MR) is 115 cm³/mol. The smallest absolute Gasteiger partial charge is 0.229 e. The van der Waals surface area contributed by atoms with E-state index in [0.29, 0.717) is 33.1 Å². The molecule has 1 fully saturated rings. The summed E-state index contributed by atoms with van der Waals surface area (Å²) in [6.07, 6.45) is 2.57. The summed E-state index contributed by atoms with van der Waals surface area (Å²) in [5, 5.41) is 5.58. The molecule has 2 atom stereocenters. The average molecular weight is 436 g/mol. The fraction of sp³-hybridized carbons (Fsp3) is 0.250. The molecule has 1 aliphatic carbocycles. The van der Waals surface area contributed by atoms with Crippen LogP contribution in [0.1, 0.15) is 29.2 Å². The molecular weight excluding hydrogens is 419 g/mol. The van der Waals surface area contributed by atoms with Gasteiger partial charge in [0, 0.05) is 17.7 Å². The largest absolute Gasteiger partial charge is 0.432 e. The predicted octanol–water partition coefficient (Wildman–Crippen LogP) is 6.08. The van der Waals surface area contributed by atoms with Crippen molar-refractivity contribution in [1.82, 2.24) is 15.0 Å². The number of aromatic nitrogens is 3. The molecule has 5 rings (SSSR count). The van der Waals surface area contributed by atoms with Gasteiger partial charge in [-0.3, -0.25) is 0 Å². The topological polar surface area (TPSA) is 63.8 Å². The maximum atomic E-state index is 6.15. The number of fused-ring (bicyclic) bond motifs is 3. The van der Waals surface area contributed by atoms with Gasteiger partial charge in [0.15, 0.2) is 11.4 Å². The van der Waals surface area contributed by atoms with Crippen LogP contribution in [0.2, 0.25) is 10.0 Å². The fourth-order valence-corrected chi connectivity index (χ4v) is 3.96. The van der Waals surface area contributed by atoms with Gasteiger partial charge >= 0.3 is 0 Å². The second kappa shape index (κ2) is 7.07. The van der Waals surface area contributed by atoms with Crippen LogP contribution in [0.15, 0.2) is 35.0 Å². The van der Waals surface area contributed by atoms with E-state index in [1.165, 1.54) is 5.56 Å². The third-order valence-electron chi connectivity index (χ3n) is 5.04. The van der Waals surface area contributed by atoms with Gasteiger partial charge in [0.05, 0.1) is 15.4 Å². The van der Waals surface area contributed by atoms with Gasteiger partial charge in [-0.25, -0.2) is 15.0 Å². The van der Waals surface area contributed by atoms with E-state index >= 15 is 0 Å². The van der Waals surface area contributed by atoms with Crippen LogP contribution in [0.5, 0.6) is 0 Å². The molecule has 4 aromatic rings. The number of rotatable bonds is 3. The van der Waals surface area contributed by atoms with Crippen LogP contribution in [0, 0.1) is 13.8 Å². The van der Waals surface area contributed by atoms with E-state index in [1.807, 2.05) is 38.1 Å². The first-order valence-electron chi connectivity index (χ1n) is 8.74. The van der Waals surface area contributed by atoms with E-state index in [4.69, 9.17) is 27.6 Å². The SMILES string of the molecule is Cc1cc(C)c2c(n1)oc1c(NC3CC3c3ccc(Cl)c(Cl)c3)ncnc12.Cl. The van der Waals surface area contributed by atoms with E-state index in [2.05, 4.69) is 20.3 Å². The number of hydrogen-bond acceptors (Lipinski definition) is 5. The summed E-state index contributed by atoms with van der Waals surface area (Å²) in [7, 11) is 0. The maximum absolute atomic E-state index is 6.15. The highest BCUT2D eigenvalue weighted by Gasteiger charge is 2.39. The van der Waals surface area contributed by atoms with Crippen molar-refractivity contribution in [3.05, 3.63) is 57.5 Å². The Balaban J connectivity index is 0.00000192. The Morgan fingerprint density at radius 2 is 1.93 bits per heavy atom. The van der Waals surface area contributed by atoms with Gasteiger partial charge in [-0.2, -0.15) is 0 Å². The fourth-order valence-electron chi connectivity index (χ4n) is 3.65. The number of nitrogens with one attached hydrogen (secondary N) is 1. The van der Waals surface area contributed by atoms with E-state index in [-0.39, 0.29) is 18.4 Å².